The van der Waals surface area contributed by atoms with Gasteiger partial charge in [-0.3, -0.25) is 9.44 Å². The Hall–Kier alpha value is -4.32. The highest BCUT2D eigenvalue weighted by Crippen LogP contribution is 2.33. The molecule has 5 aromatic carbocycles. The Morgan fingerprint density at radius 2 is 0.952 bits per heavy atom. The molecule has 0 heterocycles. The fourth-order valence-corrected chi connectivity index (χ4v) is 7.63. The number of fused-ring (bicyclic) bond motifs is 2. The van der Waals surface area contributed by atoms with E-state index in [0.717, 1.165) is 22.1 Å². The molecule has 3 N–H and O–H groups in total. The van der Waals surface area contributed by atoms with Crippen molar-refractivity contribution in [2.75, 3.05) is 47.4 Å². The Balaban J connectivity index is 1.53. The molecule has 0 atom stereocenters. The molecule has 0 fully saturated rings. The van der Waals surface area contributed by atoms with Crippen molar-refractivity contribution in [2.24, 2.45) is 0 Å². The van der Waals surface area contributed by atoms with E-state index in [2.05, 4.69) is 9.44 Å². The second-order valence-corrected chi connectivity index (χ2v) is 13.6. The summed E-state index contributed by atoms with van der Waals surface area (Å²) in [6, 6.07) is 25.3. The highest BCUT2D eigenvalue weighted by Gasteiger charge is 2.22. The van der Waals surface area contributed by atoms with Crippen molar-refractivity contribution in [2.45, 2.75) is 16.4 Å². The van der Waals surface area contributed by atoms with Crippen LogP contribution in [-0.4, -0.2) is 50.1 Å². The molecular formula is C31H32N4O5S2. The average Bonchev–Trinajstić information content (AvgIpc) is 2.94. The lowest BCUT2D eigenvalue weighted by molar-refractivity contribution is 0.282. The van der Waals surface area contributed by atoms with Crippen molar-refractivity contribution >= 4 is 64.3 Å². The molecule has 218 valence electrons. The van der Waals surface area contributed by atoms with Crippen LogP contribution < -0.4 is 19.2 Å². The third kappa shape index (κ3) is 5.58. The minimum Gasteiger partial charge on any atom is -0.392 e. The number of aliphatic hydroxyl groups is 1. The zero-order chi connectivity index (χ0) is 30.2. The van der Waals surface area contributed by atoms with E-state index in [0.29, 0.717) is 16.3 Å². The van der Waals surface area contributed by atoms with Gasteiger partial charge in [-0.25, -0.2) is 16.8 Å². The number of nitrogens with zero attached hydrogens (tertiary/aromatic N) is 2. The number of aliphatic hydroxyl groups excluding tert-OH is 1. The number of hydrogen-bond acceptors (Lipinski definition) is 7. The maximum atomic E-state index is 13.6. The van der Waals surface area contributed by atoms with Gasteiger partial charge in [0.05, 0.1) is 27.8 Å². The van der Waals surface area contributed by atoms with E-state index in [4.69, 9.17) is 0 Å². The monoisotopic (exact) mass is 604 g/mol. The third-order valence-corrected chi connectivity index (χ3v) is 9.82. The first-order valence-corrected chi connectivity index (χ1v) is 16.1. The van der Waals surface area contributed by atoms with Crippen LogP contribution in [-0.2, 0) is 26.7 Å². The number of sulfonamides is 2. The van der Waals surface area contributed by atoms with Crippen molar-refractivity contribution in [1.29, 1.82) is 0 Å². The third-order valence-electron chi connectivity index (χ3n) is 6.94. The van der Waals surface area contributed by atoms with E-state index < -0.39 is 26.7 Å². The molecule has 0 unspecified atom stereocenters. The smallest absolute Gasteiger partial charge is 0.262 e. The molecule has 0 aromatic heterocycles. The molecule has 0 saturated heterocycles. The highest BCUT2D eigenvalue weighted by molar-refractivity contribution is 7.93. The fraction of sp³-hybridized carbons (Fsp3) is 0.161. The summed E-state index contributed by atoms with van der Waals surface area (Å²) in [5.41, 5.74) is 2.28. The van der Waals surface area contributed by atoms with Gasteiger partial charge >= 0.3 is 0 Å². The average molecular weight is 605 g/mol. The van der Waals surface area contributed by atoms with Crippen molar-refractivity contribution in [3.05, 3.63) is 96.6 Å². The predicted molar refractivity (Wildman–Crippen MR) is 171 cm³/mol. The number of rotatable bonds is 9. The van der Waals surface area contributed by atoms with Crippen molar-refractivity contribution in [3.8, 4) is 0 Å². The van der Waals surface area contributed by atoms with Gasteiger partial charge in [0, 0.05) is 61.1 Å². The zero-order valence-corrected chi connectivity index (χ0v) is 25.3. The van der Waals surface area contributed by atoms with Gasteiger partial charge in [-0.1, -0.05) is 48.5 Å². The van der Waals surface area contributed by atoms with E-state index in [9.17, 15) is 21.9 Å². The number of anilines is 4. The Labute approximate surface area is 246 Å². The molecule has 42 heavy (non-hydrogen) atoms. The summed E-state index contributed by atoms with van der Waals surface area (Å²) >= 11 is 0. The van der Waals surface area contributed by atoms with E-state index in [1.807, 2.05) is 62.3 Å². The van der Waals surface area contributed by atoms with Crippen LogP contribution in [0.4, 0.5) is 22.7 Å². The van der Waals surface area contributed by atoms with Gasteiger partial charge in [0.15, 0.2) is 0 Å². The first kappa shape index (κ1) is 29.2. The normalized spacial score (nSPS) is 11.9. The Bertz CT molecular complexity index is 1880. The number of nitrogens with one attached hydrogen (secondary N) is 2. The number of hydrogen-bond donors (Lipinski definition) is 3. The number of benzene rings is 5. The molecule has 0 radical (unpaired) electrons. The van der Waals surface area contributed by atoms with Crippen LogP contribution >= 0.6 is 0 Å². The summed E-state index contributed by atoms with van der Waals surface area (Å²) in [6.45, 7) is -0.425. The molecule has 0 aliphatic heterocycles. The van der Waals surface area contributed by atoms with Crippen LogP contribution in [0.3, 0.4) is 0 Å². The maximum Gasteiger partial charge on any atom is 0.262 e. The molecule has 0 saturated carbocycles. The Morgan fingerprint density at radius 1 is 0.571 bits per heavy atom. The van der Waals surface area contributed by atoms with Crippen LogP contribution in [0.5, 0.6) is 0 Å². The van der Waals surface area contributed by atoms with Crippen molar-refractivity contribution in [1.82, 2.24) is 0 Å². The molecular weight excluding hydrogens is 572 g/mol. The molecule has 0 bridgehead atoms. The van der Waals surface area contributed by atoms with Gasteiger partial charge < -0.3 is 14.9 Å². The van der Waals surface area contributed by atoms with E-state index >= 15 is 0 Å². The largest absolute Gasteiger partial charge is 0.392 e. The molecule has 5 rings (SSSR count). The molecule has 9 nitrogen and oxygen atoms in total. The summed E-state index contributed by atoms with van der Waals surface area (Å²) in [4.78, 5) is 3.97. The van der Waals surface area contributed by atoms with Gasteiger partial charge in [0.1, 0.15) is 0 Å². The lowest BCUT2D eigenvalue weighted by Gasteiger charge is -2.18. The van der Waals surface area contributed by atoms with E-state index in [1.165, 1.54) is 30.3 Å². The SMILES string of the molecule is CN(C)c1cccc2c(S(=O)(=O)Nc3cc(CO)cc(NS(=O)(=O)c4cccc5c(N(C)C)cccc45)c3)cccc12. The Morgan fingerprint density at radius 3 is 1.33 bits per heavy atom. The van der Waals surface area contributed by atoms with Gasteiger partial charge in [0.2, 0.25) is 0 Å². The molecule has 0 aliphatic carbocycles. The summed E-state index contributed by atoms with van der Waals surface area (Å²) in [5.74, 6) is 0. The van der Waals surface area contributed by atoms with Gasteiger partial charge in [0.25, 0.3) is 20.0 Å². The second kappa shape index (κ2) is 11.2. The van der Waals surface area contributed by atoms with E-state index in [1.54, 1.807) is 36.4 Å². The first-order chi connectivity index (χ1) is 19.9. The van der Waals surface area contributed by atoms with Gasteiger partial charge in [-0.2, -0.15) is 0 Å². The minimum atomic E-state index is -4.09. The highest BCUT2D eigenvalue weighted by atomic mass is 32.2. The first-order valence-electron chi connectivity index (χ1n) is 13.1. The van der Waals surface area contributed by atoms with Crippen LogP contribution in [0.15, 0.2) is 101 Å². The summed E-state index contributed by atoms with van der Waals surface area (Å²) in [6.07, 6.45) is 0. The van der Waals surface area contributed by atoms with Crippen LogP contribution in [0.2, 0.25) is 0 Å². The zero-order valence-electron chi connectivity index (χ0n) is 23.7. The minimum absolute atomic E-state index is 0.0766. The molecule has 5 aromatic rings. The Kier molecular flexibility index (Phi) is 7.76. The lowest BCUT2D eigenvalue weighted by atomic mass is 10.1. The summed E-state index contributed by atoms with van der Waals surface area (Å²) in [7, 11) is -0.646. The summed E-state index contributed by atoms with van der Waals surface area (Å²) < 4.78 is 59.6. The van der Waals surface area contributed by atoms with Gasteiger partial charge in [-0.05, 0) is 48.0 Å². The quantitative estimate of drug-likeness (QED) is 0.211. The lowest BCUT2D eigenvalue weighted by Crippen LogP contribution is -2.16. The van der Waals surface area contributed by atoms with Crippen LogP contribution in [0.25, 0.3) is 21.5 Å². The molecule has 0 amide bonds. The van der Waals surface area contributed by atoms with Gasteiger partial charge in [-0.15, -0.1) is 0 Å². The maximum absolute atomic E-state index is 13.6. The van der Waals surface area contributed by atoms with Crippen molar-refractivity contribution in [3.63, 3.8) is 0 Å². The fourth-order valence-electron chi connectivity index (χ4n) is 5.10. The molecule has 0 spiro atoms. The van der Waals surface area contributed by atoms with Crippen LogP contribution in [0.1, 0.15) is 5.56 Å². The van der Waals surface area contributed by atoms with E-state index in [-0.39, 0.29) is 21.2 Å². The predicted octanol–water partition coefficient (Wildman–Crippen LogP) is 5.22. The molecule has 11 heteroatoms. The topological polar surface area (TPSA) is 119 Å². The standard InChI is InChI=1S/C31H32N4O5S2/c1-34(2)28-13-5-11-26-24(28)9-7-15-30(26)41(37,38)32-22-17-21(20-36)18-23(19-22)33-42(39,40)31-16-8-10-25-27(31)12-6-14-29(25)35(3)4/h5-19,32-33,36H,20H2,1-4H3. The second-order valence-electron chi connectivity index (χ2n) is 10.3. The summed E-state index contributed by atoms with van der Waals surface area (Å²) in [5, 5.41) is 12.5. The van der Waals surface area contributed by atoms with Crippen molar-refractivity contribution < 1.29 is 21.9 Å². The van der Waals surface area contributed by atoms with Crippen LogP contribution in [0, 0.1) is 0 Å². The molecule has 0 aliphatic rings.